The van der Waals surface area contributed by atoms with Gasteiger partial charge in [-0.1, -0.05) is 19.9 Å². The molecule has 0 amide bonds. The molecular weight excluding hydrogens is 214 g/mol. The molecule has 0 N–H and O–H groups in total. The molecule has 1 rings (SSSR count). The number of aldehydes is 1. The van der Waals surface area contributed by atoms with E-state index in [1.807, 2.05) is 6.07 Å². The van der Waals surface area contributed by atoms with Crippen molar-refractivity contribution in [3.63, 3.8) is 0 Å². The second kappa shape index (κ2) is 7.54. The number of nitrogens with zero attached hydrogens (tertiary/aromatic N) is 3. The number of aromatic nitrogens is 2. The summed E-state index contributed by atoms with van der Waals surface area (Å²) in [5.74, 6) is 0. The molecule has 4 nitrogen and oxygen atoms in total. The number of hydrogen-bond acceptors (Lipinski definition) is 3. The van der Waals surface area contributed by atoms with Crippen LogP contribution in [0.25, 0.3) is 0 Å². The topological polar surface area (TPSA) is 47.2 Å². The number of carbonyl (C=O) groups excluding carboxylic acids is 1. The molecule has 1 aromatic heterocycles. The first-order chi connectivity index (χ1) is 8.31. The first-order valence-electron chi connectivity index (χ1n) is 5.97. The molecule has 0 saturated carbocycles. The molecule has 0 aliphatic carbocycles. The summed E-state index contributed by atoms with van der Waals surface area (Å²) in [5.41, 5.74) is 1.07. The van der Waals surface area contributed by atoms with Crippen LogP contribution in [0.3, 0.4) is 0 Å². The summed E-state index contributed by atoms with van der Waals surface area (Å²) < 4.78 is 1.65. The van der Waals surface area contributed by atoms with Crippen LogP contribution in [-0.4, -0.2) is 22.3 Å². The molecule has 1 atom stereocenters. The van der Waals surface area contributed by atoms with Crippen molar-refractivity contribution >= 4 is 12.5 Å². The summed E-state index contributed by atoms with van der Waals surface area (Å²) in [4.78, 5) is 15.3. The van der Waals surface area contributed by atoms with Crippen molar-refractivity contribution in [3.05, 3.63) is 30.2 Å². The Morgan fingerprint density at radius 3 is 2.88 bits per heavy atom. The van der Waals surface area contributed by atoms with Crippen molar-refractivity contribution in [2.75, 3.05) is 0 Å². The first kappa shape index (κ1) is 13.4. The number of allylic oxidation sites excluding steroid dienone is 2. The van der Waals surface area contributed by atoms with Crippen LogP contribution >= 0.6 is 0 Å². The minimum absolute atomic E-state index is 0.256. The fraction of sp³-hybridized carbons (Fsp3) is 0.462. The molecule has 0 fully saturated rings. The summed E-state index contributed by atoms with van der Waals surface area (Å²) in [7, 11) is 0. The number of rotatable bonds is 7. The SMILES string of the molecule is CC/C=C(\CC)N=CCC(C=O)n1cccn1. The molecule has 0 spiro atoms. The molecule has 0 saturated heterocycles. The van der Waals surface area contributed by atoms with E-state index in [0.29, 0.717) is 6.42 Å². The average molecular weight is 233 g/mol. The van der Waals surface area contributed by atoms with Crippen LogP contribution in [0.1, 0.15) is 39.2 Å². The van der Waals surface area contributed by atoms with E-state index in [1.54, 1.807) is 23.3 Å². The van der Waals surface area contributed by atoms with E-state index in [-0.39, 0.29) is 6.04 Å². The van der Waals surface area contributed by atoms with Gasteiger partial charge >= 0.3 is 0 Å². The van der Waals surface area contributed by atoms with Gasteiger partial charge in [0.05, 0.1) is 0 Å². The minimum Gasteiger partial charge on any atom is -0.301 e. The van der Waals surface area contributed by atoms with Crippen molar-refractivity contribution < 1.29 is 4.79 Å². The zero-order valence-corrected chi connectivity index (χ0v) is 10.4. The lowest BCUT2D eigenvalue weighted by Gasteiger charge is -2.07. The maximum absolute atomic E-state index is 10.9. The summed E-state index contributed by atoms with van der Waals surface area (Å²) in [6.45, 7) is 4.16. The lowest BCUT2D eigenvalue weighted by Crippen LogP contribution is -2.11. The fourth-order valence-electron chi connectivity index (χ4n) is 1.50. The van der Waals surface area contributed by atoms with Crippen LogP contribution in [-0.2, 0) is 4.79 Å². The number of hydrogen-bond donors (Lipinski definition) is 0. The van der Waals surface area contributed by atoms with Crippen molar-refractivity contribution in [1.29, 1.82) is 0 Å². The van der Waals surface area contributed by atoms with Gasteiger partial charge in [-0.25, -0.2) is 0 Å². The summed E-state index contributed by atoms with van der Waals surface area (Å²) in [6.07, 6.45) is 10.7. The van der Waals surface area contributed by atoms with Gasteiger partial charge in [0.15, 0.2) is 0 Å². The summed E-state index contributed by atoms with van der Waals surface area (Å²) in [5, 5.41) is 4.05. The van der Waals surface area contributed by atoms with Gasteiger partial charge < -0.3 is 4.79 Å². The smallest absolute Gasteiger partial charge is 0.144 e. The Hall–Kier alpha value is -1.71. The number of aliphatic imine (C=N–C) groups is 1. The largest absolute Gasteiger partial charge is 0.301 e. The molecule has 0 bridgehead atoms. The van der Waals surface area contributed by atoms with Gasteiger partial charge in [-0.2, -0.15) is 5.10 Å². The van der Waals surface area contributed by atoms with Crippen LogP contribution in [0.4, 0.5) is 0 Å². The highest BCUT2D eigenvalue weighted by atomic mass is 16.1. The van der Waals surface area contributed by atoms with Crippen molar-refractivity contribution in [1.82, 2.24) is 9.78 Å². The number of carbonyl (C=O) groups is 1. The van der Waals surface area contributed by atoms with Gasteiger partial charge in [0.25, 0.3) is 0 Å². The highest BCUT2D eigenvalue weighted by Crippen LogP contribution is 2.07. The van der Waals surface area contributed by atoms with Crippen molar-refractivity contribution in [2.45, 2.75) is 39.2 Å². The Balaban J connectivity index is 2.56. The Bertz CT molecular complexity index is 379. The zero-order chi connectivity index (χ0) is 12.5. The Morgan fingerprint density at radius 1 is 1.53 bits per heavy atom. The molecule has 1 unspecified atom stereocenters. The van der Waals surface area contributed by atoms with Crippen LogP contribution in [0.15, 0.2) is 35.2 Å². The molecule has 0 aliphatic rings. The molecule has 92 valence electrons. The van der Waals surface area contributed by atoms with Crippen molar-refractivity contribution in [2.24, 2.45) is 4.99 Å². The minimum atomic E-state index is -0.256. The van der Waals surface area contributed by atoms with Gasteiger partial charge in [-0.15, -0.1) is 0 Å². The highest BCUT2D eigenvalue weighted by molar-refractivity contribution is 5.67. The van der Waals surface area contributed by atoms with E-state index in [9.17, 15) is 4.79 Å². The lowest BCUT2D eigenvalue weighted by atomic mass is 10.2. The van der Waals surface area contributed by atoms with E-state index in [0.717, 1.165) is 24.8 Å². The van der Waals surface area contributed by atoms with Crippen LogP contribution < -0.4 is 0 Å². The predicted octanol–water partition coefficient (Wildman–Crippen LogP) is 2.79. The third-order valence-electron chi connectivity index (χ3n) is 2.43. The average Bonchev–Trinajstić information content (AvgIpc) is 2.87. The monoisotopic (exact) mass is 233 g/mol. The van der Waals surface area contributed by atoms with E-state index >= 15 is 0 Å². The standard InChI is InChI=1S/C13H19N3O/c1-3-6-12(4-2)14-9-7-13(11-17)16-10-5-8-15-16/h5-6,8-11,13H,3-4,7H2,1-2H3/b12-6+,14-9?. The summed E-state index contributed by atoms with van der Waals surface area (Å²) in [6, 6.07) is 1.55. The van der Waals surface area contributed by atoms with Gasteiger partial charge in [-0.3, -0.25) is 9.67 Å². The van der Waals surface area contributed by atoms with Crippen molar-refractivity contribution in [3.8, 4) is 0 Å². The first-order valence-corrected chi connectivity index (χ1v) is 5.97. The van der Waals surface area contributed by atoms with Crippen LogP contribution in [0.5, 0.6) is 0 Å². The zero-order valence-electron chi connectivity index (χ0n) is 10.4. The predicted molar refractivity (Wildman–Crippen MR) is 69.1 cm³/mol. The second-order valence-corrected chi connectivity index (χ2v) is 3.69. The Morgan fingerprint density at radius 2 is 2.35 bits per heavy atom. The van der Waals surface area contributed by atoms with E-state index < -0.39 is 0 Å². The third kappa shape index (κ3) is 4.34. The van der Waals surface area contributed by atoms with E-state index in [2.05, 4.69) is 30.0 Å². The van der Waals surface area contributed by atoms with Crippen LogP contribution in [0.2, 0.25) is 0 Å². The second-order valence-electron chi connectivity index (χ2n) is 3.69. The quantitative estimate of drug-likeness (QED) is 0.537. The molecule has 0 aliphatic heterocycles. The molecule has 4 heteroatoms. The molecule has 17 heavy (non-hydrogen) atoms. The summed E-state index contributed by atoms with van der Waals surface area (Å²) >= 11 is 0. The molecule has 1 heterocycles. The third-order valence-corrected chi connectivity index (χ3v) is 2.43. The van der Waals surface area contributed by atoms with E-state index in [1.165, 1.54) is 0 Å². The normalized spacial score (nSPS) is 14.1. The van der Waals surface area contributed by atoms with E-state index in [4.69, 9.17) is 0 Å². The van der Waals surface area contributed by atoms with Gasteiger partial charge in [0, 0.05) is 30.7 Å². The van der Waals surface area contributed by atoms with Gasteiger partial charge in [-0.05, 0) is 18.9 Å². The maximum Gasteiger partial charge on any atom is 0.144 e. The Kier molecular flexibility index (Phi) is 5.93. The highest BCUT2D eigenvalue weighted by Gasteiger charge is 2.07. The van der Waals surface area contributed by atoms with Gasteiger partial charge in [0.2, 0.25) is 0 Å². The maximum atomic E-state index is 10.9. The molecule has 0 radical (unpaired) electrons. The van der Waals surface area contributed by atoms with Crippen LogP contribution in [0, 0.1) is 0 Å². The fourth-order valence-corrected chi connectivity index (χ4v) is 1.50. The lowest BCUT2D eigenvalue weighted by molar-refractivity contribution is -0.110. The molecular formula is C13H19N3O. The van der Waals surface area contributed by atoms with Gasteiger partial charge in [0.1, 0.15) is 12.3 Å². The Labute approximate surface area is 102 Å². The molecule has 1 aromatic rings. The molecule has 0 aromatic carbocycles.